The van der Waals surface area contributed by atoms with E-state index in [-0.39, 0.29) is 33.3 Å². The van der Waals surface area contributed by atoms with Gasteiger partial charge in [-0.05, 0) is 12.1 Å². The van der Waals surface area contributed by atoms with Crippen LogP contribution in [0.5, 0.6) is 0 Å². The zero-order valence-electron chi connectivity index (χ0n) is 11.1. The molecule has 0 aromatic heterocycles. The molecule has 1 aliphatic carbocycles. The average Bonchev–Trinajstić information content (AvgIpc) is 2.51. The third-order valence-corrected chi connectivity index (χ3v) is 3.80. The van der Waals surface area contributed by atoms with Gasteiger partial charge in [0, 0.05) is 29.3 Å². The lowest BCUT2D eigenvalue weighted by Gasteiger charge is -2.18. The van der Waals surface area contributed by atoms with E-state index < -0.39 is 5.91 Å². The van der Waals surface area contributed by atoms with Gasteiger partial charge in [0.1, 0.15) is 0 Å². The summed E-state index contributed by atoms with van der Waals surface area (Å²) < 4.78 is 0. The molecule has 0 heterocycles. The van der Waals surface area contributed by atoms with Gasteiger partial charge in [0.25, 0.3) is 5.91 Å². The molecular weight excluding hydrogens is 290 g/mol. The molecule has 3 rings (SSSR count). The Morgan fingerprint density at radius 3 is 2.00 bits per heavy atom. The largest absolute Gasteiger partial charge is 0.355 e. The van der Waals surface area contributed by atoms with Gasteiger partial charge >= 0.3 is 0 Å². The summed E-state index contributed by atoms with van der Waals surface area (Å²) in [5.74, 6) is -0.936. The molecule has 0 radical (unpaired) electrons. The number of benzene rings is 2. The second kappa shape index (κ2) is 4.82. The molecule has 104 valence electrons. The molecule has 1 N–H and O–H groups in total. The van der Waals surface area contributed by atoms with Crippen molar-refractivity contribution < 1.29 is 14.4 Å². The number of hydrogen-bond acceptors (Lipinski definition) is 3. The van der Waals surface area contributed by atoms with Crippen LogP contribution in [0.2, 0.25) is 5.02 Å². The smallest absolute Gasteiger partial charge is 0.252 e. The average molecular weight is 300 g/mol. The van der Waals surface area contributed by atoms with Gasteiger partial charge in [0.15, 0.2) is 11.6 Å². The molecule has 0 saturated carbocycles. The second-order valence-corrected chi connectivity index (χ2v) is 5.07. The molecule has 0 bridgehead atoms. The number of halogens is 1. The van der Waals surface area contributed by atoms with Crippen LogP contribution in [0.1, 0.15) is 42.2 Å². The van der Waals surface area contributed by atoms with Crippen molar-refractivity contribution in [3.8, 4) is 0 Å². The Balaban J connectivity index is 2.26. The lowest BCUT2D eigenvalue weighted by atomic mass is 9.83. The van der Waals surface area contributed by atoms with Gasteiger partial charge in [-0.2, -0.15) is 0 Å². The number of carbonyl (C=O) groups excluding carboxylic acids is 3. The predicted octanol–water partition coefficient (Wildman–Crippen LogP) is 2.48. The number of rotatable bonds is 1. The van der Waals surface area contributed by atoms with Crippen LogP contribution in [0, 0.1) is 0 Å². The number of hydrogen-bond donors (Lipinski definition) is 1. The molecule has 0 unspecified atom stereocenters. The van der Waals surface area contributed by atoms with E-state index in [0.29, 0.717) is 11.1 Å². The van der Waals surface area contributed by atoms with Gasteiger partial charge in [-0.3, -0.25) is 14.4 Å². The maximum absolute atomic E-state index is 12.5. The minimum Gasteiger partial charge on any atom is -0.355 e. The Hall–Kier alpha value is -2.46. The van der Waals surface area contributed by atoms with E-state index in [4.69, 9.17) is 11.6 Å². The summed E-state index contributed by atoms with van der Waals surface area (Å²) in [4.78, 5) is 36.7. The first-order chi connectivity index (χ1) is 10.0. The molecule has 2 aromatic carbocycles. The summed E-state index contributed by atoms with van der Waals surface area (Å²) in [5, 5.41) is 2.60. The van der Waals surface area contributed by atoms with Crippen molar-refractivity contribution in [2.75, 3.05) is 7.05 Å². The van der Waals surface area contributed by atoms with E-state index in [2.05, 4.69) is 5.32 Å². The molecule has 2 aromatic rings. The van der Waals surface area contributed by atoms with Crippen LogP contribution in [-0.4, -0.2) is 24.5 Å². The fourth-order valence-electron chi connectivity index (χ4n) is 2.43. The summed E-state index contributed by atoms with van der Waals surface area (Å²) in [6, 6.07) is 9.39. The normalized spacial score (nSPS) is 12.7. The fourth-order valence-corrected chi connectivity index (χ4v) is 2.68. The van der Waals surface area contributed by atoms with Gasteiger partial charge in [-0.25, -0.2) is 0 Å². The zero-order valence-corrected chi connectivity index (χ0v) is 11.8. The number of amides is 1. The van der Waals surface area contributed by atoms with Crippen molar-refractivity contribution in [2.24, 2.45) is 0 Å². The standard InChI is InChI=1S/C16H10ClNO3/c1-18-16(21)12-6-10-11(7-13(12)17)15(20)9-5-3-2-4-8(9)14(10)19/h2-7H,1H3,(H,18,21). The molecule has 1 amide bonds. The van der Waals surface area contributed by atoms with E-state index in [0.717, 1.165) is 0 Å². The summed E-state index contributed by atoms with van der Waals surface area (Å²) in [5.41, 5.74) is 1.33. The Bertz CT molecular complexity index is 811. The summed E-state index contributed by atoms with van der Waals surface area (Å²) in [7, 11) is 1.47. The molecule has 1 aliphatic rings. The molecule has 5 heteroatoms. The first-order valence-corrected chi connectivity index (χ1v) is 6.66. The second-order valence-electron chi connectivity index (χ2n) is 4.66. The van der Waals surface area contributed by atoms with E-state index in [1.807, 2.05) is 0 Å². The highest BCUT2D eigenvalue weighted by Crippen LogP contribution is 2.31. The first-order valence-electron chi connectivity index (χ1n) is 6.28. The highest BCUT2D eigenvalue weighted by atomic mass is 35.5. The number of carbonyl (C=O) groups is 3. The maximum Gasteiger partial charge on any atom is 0.252 e. The van der Waals surface area contributed by atoms with E-state index in [9.17, 15) is 14.4 Å². The van der Waals surface area contributed by atoms with Crippen molar-refractivity contribution >= 4 is 29.1 Å². The third kappa shape index (κ3) is 1.96. The van der Waals surface area contributed by atoms with Gasteiger partial charge in [0.05, 0.1) is 10.6 Å². The molecule has 4 nitrogen and oxygen atoms in total. The van der Waals surface area contributed by atoms with Crippen LogP contribution in [-0.2, 0) is 0 Å². The van der Waals surface area contributed by atoms with Crippen molar-refractivity contribution in [2.45, 2.75) is 0 Å². The summed E-state index contributed by atoms with van der Waals surface area (Å²) in [6.07, 6.45) is 0. The van der Waals surface area contributed by atoms with Gasteiger partial charge < -0.3 is 5.32 Å². The molecule has 0 fully saturated rings. The quantitative estimate of drug-likeness (QED) is 0.751. The Morgan fingerprint density at radius 1 is 0.952 bits per heavy atom. The highest BCUT2D eigenvalue weighted by molar-refractivity contribution is 6.36. The third-order valence-electron chi connectivity index (χ3n) is 3.48. The molecule has 0 atom stereocenters. The first kappa shape index (κ1) is 13.5. The SMILES string of the molecule is CNC(=O)c1cc2c(cc1Cl)C(=O)c1ccccc1C2=O. The molecule has 0 spiro atoms. The van der Waals surface area contributed by atoms with Crippen LogP contribution in [0.15, 0.2) is 36.4 Å². The van der Waals surface area contributed by atoms with E-state index in [1.165, 1.54) is 19.2 Å². The minimum absolute atomic E-state index is 0.147. The van der Waals surface area contributed by atoms with Crippen LogP contribution in [0.4, 0.5) is 0 Å². The lowest BCUT2D eigenvalue weighted by Crippen LogP contribution is -2.24. The van der Waals surface area contributed by atoms with Gasteiger partial charge in [-0.15, -0.1) is 0 Å². The highest BCUT2D eigenvalue weighted by Gasteiger charge is 2.31. The Kier molecular flexibility index (Phi) is 3.11. The van der Waals surface area contributed by atoms with Crippen molar-refractivity contribution in [3.05, 3.63) is 69.2 Å². The van der Waals surface area contributed by atoms with Crippen molar-refractivity contribution in [1.29, 1.82) is 0 Å². The summed E-state index contributed by atoms with van der Waals surface area (Å²) in [6.45, 7) is 0. The summed E-state index contributed by atoms with van der Waals surface area (Å²) >= 11 is 6.05. The van der Waals surface area contributed by atoms with Crippen LogP contribution in [0.3, 0.4) is 0 Å². The minimum atomic E-state index is -0.401. The lowest BCUT2D eigenvalue weighted by molar-refractivity contribution is 0.0959. The molecule has 21 heavy (non-hydrogen) atoms. The number of ketones is 2. The maximum atomic E-state index is 12.5. The van der Waals surface area contributed by atoms with Crippen LogP contribution < -0.4 is 5.32 Å². The van der Waals surface area contributed by atoms with Gasteiger partial charge in [0.2, 0.25) is 0 Å². The van der Waals surface area contributed by atoms with Crippen molar-refractivity contribution in [1.82, 2.24) is 5.32 Å². The van der Waals surface area contributed by atoms with Crippen molar-refractivity contribution in [3.63, 3.8) is 0 Å². The number of nitrogens with one attached hydrogen (secondary N) is 1. The topological polar surface area (TPSA) is 63.2 Å². The molecule has 0 aliphatic heterocycles. The van der Waals surface area contributed by atoms with Gasteiger partial charge in [-0.1, -0.05) is 35.9 Å². The Morgan fingerprint density at radius 2 is 1.48 bits per heavy atom. The predicted molar refractivity (Wildman–Crippen MR) is 78.1 cm³/mol. The van der Waals surface area contributed by atoms with Crippen LogP contribution in [0.25, 0.3) is 0 Å². The number of fused-ring (bicyclic) bond motifs is 2. The van der Waals surface area contributed by atoms with E-state index >= 15 is 0 Å². The van der Waals surface area contributed by atoms with E-state index in [1.54, 1.807) is 24.3 Å². The Labute approximate surface area is 125 Å². The monoisotopic (exact) mass is 299 g/mol. The molecule has 0 saturated heterocycles. The fraction of sp³-hybridized carbons (Fsp3) is 0.0625. The molecular formula is C16H10ClNO3. The van der Waals surface area contributed by atoms with Crippen LogP contribution >= 0.6 is 11.6 Å². The zero-order chi connectivity index (χ0) is 15.1.